The van der Waals surface area contributed by atoms with Crippen LogP contribution in [0.4, 0.5) is 17.1 Å². The van der Waals surface area contributed by atoms with Crippen molar-refractivity contribution < 1.29 is 14.5 Å². The van der Waals surface area contributed by atoms with E-state index in [2.05, 4.69) is 5.32 Å². The van der Waals surface area contributed by atoms with Gasteiger partial charge in [0.1, 0.15) is 5.69 Å². The van der Waals surface area contributed by atoms with Crippen LogP contribution in [0.15, 0.2) is 12.1 Å². The fourth-order valence-corrected chi connectivity index (χ4v) is 1.59. The van der Waals surface area contributed by atoms with Gasteiger partial charge in [0.05, 0.1) is 4.92 Å². The molecular formula is C12H15N3O4. The van der Waals surface area contributed by atoms with E-state index in [1.165, 1.54) is 37.9 Å². The van der Waals surface area contributed by atoms with Crippen molar-refractivity contribution >= 4 is 28.9 Å². The number of carbonyl (C=O) groups is 2. The van der Waals surface area contributed by atoms with E-state index in [4.69, 9.17) is 0 Å². The van der Waals surface area contributed by atoms with Gasteiger partial charge < -0.3 is 10.2 Å². The maximum absolute atomic E-state index is 11.4. The second-order valence-electron chi connectivity index (χ2n) is 4.17. The summed E-state index contributed by atoms with van der Waals surface area (Å²) < 4.78 is 0. The lowest BCUT2D eigenvalue weighted by Gasteiger charge is -2.17. The maximum Gasteiger partial charge on any atom is 0.293 e. The first-order valence-corrected chi connectivity index (χ1v) is 5.55. The van der Waals surface area contributed by atoms with Crippen LogP contribution in [0.1, 0.15) is 19.4 Å². The lowest BCUT2D eigenvalue weighted by atomic mass is 10.1. The summed E-state index contributed by atoms with van der Waals surface area (Å²) in [6.45, 7) is 4.30. The second kappa shape index (κ2) is 5.47. The van der Waals surface area contributed by atoms with Crippen LogP contribution < -0.4 is 10.2 Å². The molecule has 1 rings (SSSR count). The minimum atomic E-state index is -0.556. The van der Waals surface area contributed by atoms with Crippen LogP contribution in [0, 0.1) is 17.0 Å². The number of nitro groups is 1. The number of rotatable bonds is 3. The molecule has 0 aliphatic carbocycles. The minimum Gasteiger partial charge on any atom is -0.326 e. The molecule has 0 fully saturated rings. The van der Waals surface area contributed by atoms with Gasteiger partial charge in [-0.05, 0) is 18.6 Å². The first-order chi connectivity index (χ1) is 8.73. The van der Waals surface area contributed by atoms with E-state index >= 15 is 0 Å². The predicted molar refractivity (Wildman–Crippen MR) is 71.2 cm³/mol. The van der Waals surface area contributed by atoms with Crippen LogP contribution in [0.3, 0.4) is 0 Å². The molecule has 0 unspecified atom stereocenters. The first-order valence-electron chi connectivity index (χ1n) is 5.55. The van der Waals surface area contributed by atoms with Crippen LogP contribution >= 0.6 is 0 Å². The van der Waals surface area contributed by atoms with Crippen LogP contribution in [-0.2, 0) is 9.59 Å². The van der Waals surface area contributed by atoms with E-state index in [1.807, 2.05) is 0 Å². The van der Waals surface area contributed by atoms with Gasteiger partial charge in [-0.25, -0.2) is 0 Å². The zero-order valence-corrected chi connectivity index (χ0v) is 11.2. The van der Waals surface area contributed by atoms with Gasteiger partial charge in [-0.15, -0.1) is 0 Å². The highest BCUT2D eigenvalue weighted by molar-refractivity contribution is 5.96. The van der Waals surface area contributed by atoms with Crippen molar-refractivity contribution in [2.24, 2.45) is 0 Å². The van der Waals surface area contributed by atoms with Crippen molar-refractivity contribution in [3.8, 4) is 0 Å². The molecule has 0 saturated heterocycles. The molecule has 1 aromatic rings. The number of benzene rings is 1. The quantitative estimate of drug-likeness (QED) is 0.666. The summed E-state index contributed by atoms with van der Waals surface area (Å²) in [6.07, 6.45) is 0. The molecular weight excluding hydrogens is 250 g/mol. The molecule has 7 nitrogen and oxygen atoms in total. The average Bonchev–Trinajstić information content (AvgIpc) is 2.29. The number of aryl methyl sites for hydroxylation is 1. The molecule has 0 heterocycles. The van der Waals surface area contributed by atoms with Crippen molar-refractivity contribution in [3.05, 3.63) is 27.8 Å². The Balaban J connectivity index is 3.43. The molecule has 0 aliphatic rings. The Bertz CT molecular complexity index is 554. The van der Waals surface area contributed by atoms with Crippen LogP contribution in [-0.4, -0.2) is 23.8 Å². The van der Waals surface area contributed by atoms with Crippen molar-refractivity contribution in [3.63, 3.8) is 0 Å². The Morgan fingerprint density at radius 1 is 1.32 bits per heavy atom. The van der Waals surface area contributed by atoms with Gasteiger partial charge in [0.15, 0.2) is 0 Å². The summed E-state index contributed by atoms with van der Waals surface area (Å²) >= 11 is 0. The Morgan fingerprint density at radius 3 is 2.32 bits per heavy atom. The monoisotopic (exact) mass is 265 g/mol. The standard InChI is InChI=1S/C12H15N3O4/c1-7-5-12(15(18)19)11(14(4)9(3)17)6-10(7)13-8(2)16/h5-6H,1-4H3,(H,13,16). The summed E-state index contributed by atoms with van der Waals surface area (Å²) in [5, 5.41) is 13.6. The normalized spacial score (nSPS) is 9.89. The van der Waals surface area contributed by atoms with Crippen molar-refractivity contribution in [2.45, 2.75) is 20.8 Å². The average molecular weight is 265 g/mol. The molecule has 0 spiro atoms. The Kier molecular flexibility index (Phi) is 4.21. The minimum absolute atomic E-state index is 0.145. The Morgan fingerprint density at radius 2 is 1.89 bits per heavy atom. The summed E-state index contributed by atoms with van der Waals surface area (Å²) in [7, 11) is 1.44. The second-order valence-corrected chi connectivity index (χ2v) is 4.17. The van der Waals surface area contributed by atoms with Crippen LogP contribution in [0.2, 0.25) is 0 Å². The van der Waals surface area contributed by atoms with Crippen molar-refractivity contribution in [1.82, 2.24) is 0 Å². The van der Waals surface area contributed by atoms with E-state index in [-0.39, 0.29) is 23.2 Å². The van der Waals surface area contributed by atoms with E-state index in [1.54, 1.807) is 6.92 Å². The maximum atomic E-state index is 11.4. The lowest BCUT2D eigenvalue weighted by Crippen LogP contribution is -2.24. The lowest BCUT2D eigenvalue weighted by molar-refractivity contribution is -0.384. The molecule has 0 radical (unpaired) electrons. The molecule has 2 amide bonds. The number of amides is 2. The number of anilines is 2. The molecule has 0 aromatic heterocycles. The molecule has 19 heavy (non-hydrogen) atoms. The van der Waals surface area contributed by atoms with E-state index in [0.29, 0.717) is 11.3 Å². The molecule has 0 bridgehead atoms. The summed E-state index contributed by atoms with van der Waals surface area (Å²) in [5.41, 5.74) is 0.972. The van der Waals surface area contributed by atoms with Gasteiger partial charge in [-0.3, -0.25) is 19.7 Å². The topological polar surface area (TPSA) is 92.6 Å². The number of hydrogen-bond donors (Lipinski definition) is 1. The van der Waals surface area contributed by atoms with Crippen LogP contribution in [0.5, 0.6) is 0 Å². The van der Waals surface area contributed by atoms with Gasteiger partial charge in [-0.1, -0.05) is 0 Å². The first kappa shape index (κ1) is 14.6. The fourth-order valence-electron chi connectivity index (χ4n) is 1.59. The number of nitrogens with zero attached hydrogens (tertiary/aromatic N) is 2. The van der Waals surface area contributed by atoms with Gasteiger partial charge in [0.25, 0.3) is 5.69 Å². The molecule has 7 heteroatoms. The molecule has 0 saturated carbocycles. The Hall–Kier alpha value is -2.44. The van der Waals surface area contributed by atoms with E-state index in [0.717, 1.165) is 0 Å². The van der Waals surface area contributed by atoms with Crippen molar-refractivity contribution in [1.29, 1.82) is 0 Å². The molecule has 0 atom stereocenters. The Labute approximate surface area is 110 Å². The molecule has 1 aromatic carbocycles. The number of carbonyl (C=O) groups excluding carboxylic acids is 2. The SMILES string of the molecule is CC(=O)Nc1cc(N(C)C(C)=O)c([N+](=O)[O-])cc1C. The largest absolute Gasteiger partial charge is 0.326 e. The highest BCUT2D eigenvalue weighted by Crippen LogP contribution is 2.33. The van der Waals surface area contributed by atoms with Gasteiger partial charge >= 0.3 is 0 Å². The number of nitrogens with one attached hydrogen (secondary N) is 1. The third kappa shape index (κ3) is 3.27. The zero-order valence-electron chi connectivity index (χ0n) is 11.2. The highest BCUT2D eigenvalue weighted by atomic mass is 16.6. The fraction of sp³-hybridized carbons (Fsp3) is 0.333. The van der Waals surface area contributed by atoms with E-state index < -0.39 is 4.92 Å². The third-order valence-electron chi connectivity index (χ3n) is 2.66. The van der Waals surface area contributed by atoms with Crippen molar-refractivity contribution in [2.75, 3.05) is 17.3 Å². The summed E-state index contributed by atoms with van der Waals surface area (Å²) in [4.78, 5) is 34.1. The smallest absolute Gasteiger partial charge is 0.293 e. The van der Waals surface area contributed by atoms with Gasteiger partial charge in [-0.2, -0.15) is 0 Å². The number of hydrogen-bond acceptors (Lipinski definition) is 4. The molecule has 102 valence electrons. The summed E-state index contributed by atoms with van der Waals surface area (Å²) in [6, 6.07) is 2.76. The van der Waals surface area contributed by atoms with E-state index in [9.17, 15) is 19.7 Å². The van der Waals surface area contributed by atoms with Crippen LogP contribution in [0.25, 0.3) is 0 Å². The highest BCUT2D eigenvalue weighted by Gasteiger charge is 2.21. The number of nitro benzene ring substituents is 1. The van der Waals surface area contributed by atoms with Gasteiger partial charge in [0, 0.05) is 32.6 Å². The summed E-state index contributed by atoms with van der Waals surface area (Å²) in [5.74, 6) is -0.617. The van der Waals surface area contributed by atoms with Gasteiger partial charge in [0.2, 0.25) is 11.8 Å². The molecule has 0 aliphatic heterocycles. The third-order valence-corrected chi connectivity index (χ3v) is 2.66. The predicted octanol–water partition coefficient (Wildman–Crippen LogP) is 1.84. The molecule has 1 N–H and O–H groups in total. The zero-order chi connectivity index (χ0) is 14.7.